The maximum absolute atomic E-state index is 12.2. The molecule has 2 aromatic rings. The van der Waals surface area contributed by atoms with Crippen LogP contribution in [0.3, 0.4) is 0 Å². The summed E-state index contributed by atoms with van der Waals surface area (Å²) < 4.78 is 1.84. The number of hydrogen-bond donors (Lipinski definition) is 1. The van der Waals surface area contributed by atoms with Gasteiger partial charge in [-0.3, -0.25) is 19.4 Å². The van der Waals surface area contributed by atoms with Crippen LogP contribution < -0.4 is 5.32 Å². The van der Waals surface area contributed by atoms with Crippen molar-refractivity contribution in [3.63, 3.8) is 0 Å². The van der Waals surface area contributed by atoms with E-state index in [1.165, 1.54) is 6.42 Å². The molecule has 3 rings (SSSR count). The Morgan fingerprint density at radius 3 is 3.09 bits per heavy atom. The van der Waals surface area contributed by atoms with Crippen molar-refractivity contribution >= 4 is 5.91 Å². The SMILES string of the molecule is O=C(CN1CCCC[C@H]1Cn1cncn1)NCc1ccccn1. The number of piperidine rings is 1. The van der Waals surface area contributed by atoms with Gasteiger partial charge >= 0.3 is 0 Å². The molecule has 7 heteroatoms. The Bertz CT molecular complexity index is 600. The molecule has 122 valence electrons. The molecule has 1 saturated heterocycles. The van der Waals surface area contributed by atoms with Crippen molar-refractivity contribution in [2.45, 2.75) is 38.4 Å². The van der Waals surface area contributed by atoms with E-state index < -0.39 is 0 Å². The second-order valence-corrected chi connectivity index (χ2v) is 5.84. The molecule has 0 radical (unpaired) electrons. The van der Waals surface area contributed by atoms with Crippen LogP contribution in [0.5, 0.6) is 0 Å². The molecule has 7 nitrogen and oxygen atoms in total. The summed E-state index contributed by atoms with van der Waals surface area (Å²) in [5.74, 6) is 0.0427. The minimum Gasteiger partial charge on any atom is -0.349 e. The average molecular weight is 314 g/mol. The fraction of sp³-hybridized carbons (Fsp3) is 0.500. The van der Waals surface area contributed by atoms with Gasteiger partial charge in [0.2, 0.25) is 5.91 Å². The van der Waals surface area contributed by atoms with Crippen LogP contribution in [0.15, 0.2) is 37.1 Å². The smallest absolute Gasteiger partial charge is 0.234 e. The van der Waals surface area contributed by atoms with E-state index in [1.54, 1.807) is 18.9 Å². The number of hydrogen-bond acceptors (Lipinski definition) is 5. The summed E-state index contributed by atoms with van der Waals surface area (Å²) in [6.07, 6.45) is 8.45. The van der Waals surface area contributed by atoms with Crippen molar-refractivity contribution < 1.29 is 4.79 Å². The van der Waals surface area contributed by atoms with Crippen molar-refractivity contribution in [1.29, 1.82) is 0 Å². The van der Waals surface area contributed by atoms with E-state index in [9.17, 15) is 4.79 Å². The minimum atomic E-state index is 0.0427. The number of amides is 1. The number of rotatable bonds is 6. The normalized spacial score (nSPS) is 18.7. The number of likely N-dealkylation sites (tertiary alicyclic amines) is 1. The Morgan fingerprint density at radius 2 is 2.30 bits per heavy atom. The first kappa shape index (κ1) is 15.6. The predicted octanol–water partition coefficient (Wildman–Crippen LogP) is 0.844. The Balaban J connectivity index is 1.51. The van der Waals surface area contributed by atoms with Gasteiger partial charge in [0.15, 0.2) is 0 Å². The zero-order chi connectivity index (χ0) is 15.9. The first-order valence-corrected chi connectivity index (χ1v) is 8.04. The highest BCUT2D eigenvalue weighted by atomic mass is 16.2. The van der Waals surface area contributed by atoms with E-state index in [4.69, 9.17) is 0 Å². The highest BCUT2D eigenvalue weighted by molar-refractivity contribution is 5.78. The van der Waals surface area contributed by atoms with Crippen LogP contribution in [0.4, 0.5) is 0 Å². The number of nitrogens with zero attached hydrogens (tertiary/aromatic N) is 5. The monoisotopic (exact) mass is 314 g/mol. The number of carbonyl (C=O) groups is 1. The van der Waals surface area contributed by atoms with Crippen LogP contribution >= 0.6 is 0 Å². The van der Waals surface area contributed by atoms with Gasteiger partial charge in [-0.05, 0) is 31.5 Å². The maximum Gasteiger partial charge on any atom is 0.234 e. The molecule has 1 N–H and O–H groups in total. The van der Waals surface area contributed by atoms with Crippen molar-refractivity contribution in [3.05, 3.63) is 42.7 Å². The average Bonchev–Trinajstić information content (AvgIpc) is 3.09. The largest absolute Gasteiger partial charge is 0.349 e. The van der Waals surface area contributed by atoms with Crippen molar-refractivity contribution in [1.82, 2.24) is 30.0 Å². The van der Waals surface area contributed by atoms with E-state index in [-0.39, 0.29) is 5.91 Å². The first-order valence-electron chi connectivity index (χ1n) is 8.04. The molecular weight excluding hydrogens is 292 g/mol. The van der Waals surface area contributed by atoms with Gasteiger partial charge in [0.1, 0.15) is 12.7 Å². The van der Waals surface area contributed by atoms with Gasteiger partial charge < -0.3 is 5.32 Å². The molecule has 0 aliphatic carbocycles. The zero-order valence-electron chi connectivity index (χ0n) is 13.1. The van der Waals surface area contributed by atoms with Crippen LogP contribution in [-0.4, -0.2) is 49.7 Å². The zero-order valence-corrected chi connectivity index (χ0v) is 13.1. The minimum absolute atomic E-state index is 0.0427. The van der Waals surface area contributed by atoms with E-state index >= 15 is 0 Å². The third-order valence-corrected chi connectivity index (χ3v) is 4.15. The predicted molar refractivity (Wildman–Crippen MR) is 85.3 cm³/mol. The first-order chi connectivity index (χ1) is 11.3. The molecule has 0 unspecified atom stereocenters. The number of nitrogens with one attached hydrogen (secondary N) is 1. The highest BCUT2D eigenvalue weighted by Gasteiger charge is 2.24. The van der Waals surface area contributed by atoms with Gasteiger partial charge in [0, 0.05) is 12.2 Å². The Kier molecular flexibility index (Phi) is 5.31. The summed E-state index contributed by atoms with van der Waals surface area (Å²) in [6, 6.07) is 6.04. The van der Waals surface area contributed by atoms with E-state index in [0.29, 0.717) is 19.1 Å². The Hall–Kier alpha value is -2.28. The van der Waals surface area contributed by atoms with Gasteiger partial charge in [-0.25, -0.2) is 4.98 Å². The molecule has 1 fully saturated rings. The molecule has 23 heavy (non-hydrogen) atoms. The highest BCUT2D eigenvalue weighted by Crippen LogP contribution is 2.17. The molecule has 3 heterocycles. The fourth-order valence-electron chi connectivity index (χ4n) is 2.95. The molecule has 0 saturated carbocycles. The lowest BCUT2D eigenvalue weighted by Gasteiger charge is -2.34. The number of pyridine rings is 1. The number of carbonyl (C=O) groups excluding carboxylic acids is 1. The molecule has 0 bridgehead atoms. The summed E-state index contributed by atoms with van der Waals surface area (Å²) >= 11 is 0. The van der Waals surface area contributed by atoms with Crippen LogP contribution in [0.25, 0.3) is 0 Å². The van der Waals surface area contributed by atoms with Gasteiger partial charge in [-0.2, -0.15) is 5.10 Å². The van der Waals surface area contributed by atoms with Gasteiger partial charge in [0.25, 0.3) is 0 Å². The third kappa shape index (κ3) is 4.59. The topological polar surface area (TPSA) is 75.9 Å². The van der Waals surface area contributed by atoms with Crippen molar-refractivity contribution in [2.75, 3.05) is 13.1 Å². The molecule has 0 aromatic carbocycles. The summed E-state index contributed by atoms with van der Waals surface area (Å²) in [6.45, 7) is 2.64. The van der Waals surface area contributed by atoms with Crippen LogP contribution in [0.1, 0.15) is 25.0 Å². The molecular formula is C16H22N6O. The van der Waals surface area contributed by atoms with E-state index in [1.807, 2.05) is 22.9 Å². The Morgan fingerprint density at radius 1 is 1.35 bits per heavy atom. The molecule has 1 atom stereocenters. The summed E-state index contributed by atoms with van der Waals surface area (Å²) in [5.41, 5.74) is 0.874. The fourth-order valence-corrected chi connectivity index (χ4v) is 2.95. The molecule has 1 amide bonds. The van der Waals surface area contributed by atoms with Crippen LogP contribution in [-0.2, 0) is 17.9 Å². The summed E-state index contributed by atoms with van der Waals surface area (Å²) in [7, 11) is 0. The van der Waals surface area contributed by atoms with Gasteiger partial charge in [-0.1, -0.05) is 12.5 Å². The molecule has 0 spiro atoms. The third-order valence-electron chi connectivity index (χ3n) is 4.15. The lowest BCUT2D eigenvalue weighted by molar-refractivity contribution is -0.123. The van der Waals surface area contributed by atoms with Crippen LogP contribution in [0.2, 0.25) is 0 Å². The van der Waals surface area contributed by atoms with Crippen LogP contribution in [0, 0.1) is 0 Å². The van der Waals surface area contributed by atoms with E-state index in [0.717, 1.165) is 31.6 Å². The van der Waals surface area contributed by atoms with Crippen molar-refractivity contribution in [2.24, 2.45) is 0 Å². The van der Waals surface area contributed by atoms with E-state index in [2.05, 4.69) is 25.3 Å². The second-order valence-electron chi connectivity index (χ2n) is 5.84. The Labute approximate surface area is 135 Å². The van der Waals surface area contributed by atoms with Gasteiger partial charge in [0.05, 0.1) is 25.3 Å². The molecule has 1 aliphatic heterocycles. The molecule has 1 aliphatic rings. The quantitative estimate of drug-likeness (QED) is 0.855. The summed E-state index contributed by atoms with van der Waals surface area (Å²) in [5, 5.41) is 7.12. The maximum atomic E-state index is 12.2. The lowest BCUT2D eigenvalue weighted by atomic mass is 10.0. The molecule has 2 aromatic heterocycles. The van der Waals surface area contributed by atoms with Crippen molar-refractivity contribution in [3.8, 4) is 0 Å². The number of aromatic nitrogens is 4. The second kappa shape index (κ2) is 7.82. The lowest BCUT2D eigenvalue weighted by Crippen LogP contribution is -2.47. The van der Waals surface area contributed by atoms with Gasteiger partial charge in [-0.15, -0.1) is 0 Å². The standard InChI is InChI=1S/C16H22N6O/c23-16(19-9-14-5-1-3-7-18-14)11-21-8-4-2-6-15(21)10-22-13-17-12-20-22/h1,3,5,7,12-13,15H,2,4,6,8-11H2,(H,19,23)/t15-/m0/s1. The summed E-state index contributed by atoms with van der Waals surface area (Å²) in [4.78, 5) is 22.7.